The van der Waals surface area contributed by atoms with Crippen LogP contribution in [0.4, 0.5) is 0 Å². The van der Waals surface area contributed by atoms with E-state index in [9.17, 15) is 9.59 Å². The predicted molar refractivity (Wildman–Crippen MR) is 74.4 cm³/mol. The van der Waals surface area contributed by atoms with Crippen LogP contribution in [0, 0.1) is 23.2 Å². The third-order valence-electron chi connectivity index (χ3n) is 3.38. The number of carbonyl (C=O) groups excluding carboxylic acids is 2. The van der Waals surface area contributed by atoms with Crippen LogP contribution in [-0.2, 0) is 9.53 Å². The fourth-order valence-electron chi connectivity index (χ4n) is 2.37. The molecule has 0 aliphatic heterocycles. The summed E-state index contributed by atoms with van der Waals surface area (Å²) in [7, 11) is 1.32. The highest BCUT2D eigenvalue weighted by Gasteiger charge is 2.39. The van der Waals surface area contributed by atoms with E-state index in [1.165, 1.54) is 18.4 Å². The summed E-state index contributed by atoms with van der Waals surface area (Å²) < 4.78 is 5.22. The van der Waals surface area contributed by atoms with Crippen molar-refractivity contribution in [1.82, 2.24) is 5.32 Å². The van der Waals surface area contributed by atoms with Crippen LogP contribution in [0.15, 0.2) is 12.1 Å². The van der Waals surface area contributed by atoms with Gasteiger partial charge in [0.15, 0.2) is 0 Å². The monoisotopic (exact) mass is 312 g/mol. The highest BCUT2D eigenvalue weighted by molar-refractivity contribution is 7.17. The number of amides is 1. The molecule has 0 unspecified atom stereocenters. The average molecular weight is 313 g/mol. The second-order valence-electron chi connectivity index (χ2n) is 4.61. The number of hydrogen-bond acceptors (Lipinski definition) is 5. The van der Waals surface area contributed by atoms with Crippen LogP contribution in [0.25, 0.3) is 0 Å². The van der Waals surface area contributed by atoms with Crippen LogP contribution in [-0.4, -0.2) is 25.0 Å². The Bertz CT molecular complexity index is 566. The first-order valence-corrected chi connectivity index (χ1v) is 7.28. The van der Waals surface area contributed by atoms with E-state index < -0.39 is 0 Å². The van der Waals surface area contributed by atoms with Crippen molar-refractivity contribution in [2.75, 3.05) is 7.11 Å². The molecule has 20 heavy (non-hydrogen) atoms. The van der Waals surface area contributed by atoms with Crippen LogP contribution < -0.4 is 5.32 Å². The zero-order valence-corrected chi connectivity index (χ0v) is 12.3. The molecule has 5 nitrogen and oxygen atoms in total. The van der Waals surface area contributed by atoms with E-state index >= 15 is 0 Å². The molecule has 1 aliphatic carbocycles. The zero-order valence-electron chi connectivity index (χ0n) is 10.8. The number of carbonyl (C=O) groups is 2. The maximum Gasteiger partial charge on any atom is 0.308 e. The zero-order chi connectivity index (χ0) is 14.7. The maximum absolute atomic E-state index is 12.0. The van der Waals surface area contributed by atoms with Crippen molar-refractivity contribution in [1.29, 1.82) is 5.26 Å². The van der Waals surface area contributed by atoms with Gasteiger partial charge in [-0.15, -0.1) is 11.3 Å². The van der Waals surface area contributed by atoms with E-state index in [0.717, 1.165) is 0 Å². The van der Waals surface area contributed by atoms with Crippen LogP contribution in [0.3, 0.4) is 0 Å². The summed E-state index contributed by atoms with van der Waals surface area (Å²) in [5.74, 6) is -1.31. The second kappa shape index (κ2) is 6.25. The minimum Gasteiger partial charge on any atom is -0.469 e. The van der Waals surface area contributed by atoms with E-state index in [4.69, 9.17) is 21.6 Å². The summed E-state index contributed by atoms with van der Waals surface area (Å²) in [6.07, 6.45) is 0.842. The molecule has 0 saturated heterocycles. The molecule has 1 saturated carbocycles. The number of nitrogens with zero attached hydrogens (tertiary/aromatic N) is 1. The van der Waals surface area contributed by atoms with E-state index in [-0.39, 0.29) is 29.8 Å². The summed E-state index contributed by atoms with van der Waals surface area (Å²) in [5.41, 5.74) is 0. The van der Waals surface area contributed by atoms with Crippen LogP contribution in [0.1, 0.15) is 22.5 Å². The number of halogens is 1. The average Bonchev–Trinajstić information content (AvgIpc) is 3.04. The fourth-order valence-corrected chi connectivity index (χ4v) is 3.32. The van der Waals surface area contributed by atoms with E-state index in [1.54, 1.807) is 12.1 Å². The van der Waals surface area contributed by atoms with Crippen molar-refractivity contribution in [2.24, 2.45) is 11.8 Å². The Morgan fingerprint density at radius 1 is 1.50 bits per heavy atom. The minimum atomic E-state index is -0.376. The molecule has 1 aliphatic rings. The lowest BCUT2D eigenvalue weighted by atomic mass is 10.1. The van der Waals surface area contributed by atoms with Crippen LogP contribution in [0.2, 0.25) is 4.34 Å². The molecule has 1 aromatic heterocycles. The normalized spacial score (nSPS) is 24.9. The number of hydrogen-bond donors (Lipinski definition) is 1. The van der Waals surface area contributed by atoms with Gasteiger partial charge in [-0.3, -0.25) is 9.59 Å². The number of thiophene rings is 1. The van der Waals surface area contributed by atoms with Gasteiger partial charge in [0.1, 0.15) is 0 Å². The largest absolute Gasteiger partial charge is 0.469 e. The van der Waals surface area contributed by atoms with Gasteiger partial charge in [0.25, 0.3) is 5.91 Å². The minimum absolute atomic E-state index is 0.266. The molecule has 0 radical (unpaired) electrons. The Balaban J connectivity index is 2.03. The Kier molecular flexibility index (Phi) is 4.63. The van der Waals surface area contributed by atoms with Gasteiger partial charge < -0.3 is 10.1 Å². The standard InChI is InChI=1S/C13H13ClN2O3S/c1-19-13(18)7-4-8(6-15)9(5-7)16-12(17)10-2-3-11(14)20-10/h2-3,7-9H,4-5H2,1H3,(H,16,17)/t7-,8+,9-/m0/s1. The number of ether oxygens (including phenoxy) is 1. The van der Waals surface area contributed by atoms with Gasteiger partial charge in [-0.05, 0) is 25.0 Å². The summed E-state index contributed by atoms with van der Waals surface area (Å²) in [6.45, 7) is 0. The van der Waals surface area contributed by atoms with Crippen molar-refractivity contribution >= 4 is 34.8 Å². The molecular weight excluding hydrogens is 300 g/mol. The highest BCUT2D eigenvalue weighted by atomic mass is 35.5. The van der Waals surface area contributed by atoms with E-state index in [0.29, 0.717) is 22.1 Å². The number of nitrogens with one attached hydrogen (secondary N) is 1. The summed E-state index contributed by atoms with van der Waals surface area (Å²) in [4.78, 5) is 24.1. The van der Waals surface area contributed by atoms with Gasteiger partial charge in [-0.2, -0.15) is 5.26 Å². The molecule has 106 valence electrons. The highest BCUT2D eigenvalue weighted by Crippen LogP contribution is 2.32. The second-order valence-corrected chi connectivity index (χ2v) is 6.33. The smallest absolute Gasteiger partial charge is 0.308 e. The molecule has 0 aromatic carbocycles. The van der Waals surface area contributed by atoms with E-state index in [1.807, 2.05) is 0 Å². The Labute approximate surface area is 125 Å². The first-order chi connectivity index (χ1) is 9.55. The molecule has 0 bridgehead atoms. The molecular formula is C13H13ClN2O3S. The quantitative estimate of drug-likeness (QED) is 0.868. The summed E-state index contributed by atoms with van der Waals surface area (Å²) >= 11 is 6.96. The Morgan fingerprint density at radius 3 is 2.80 bits per heavy atom. The molecule has 2 rings (SSSR count). The topological polar surface area (TPSA) is 79.2 Å². The third-order valence-corrected chi connectivity index (χ3v) is 4.61. The molecule has 1 N–H and O–H groups in total. The van der Waals surface area contributed by atoms with E-state index in [2.05, 4.69) is 11.4 Å². The molecule has 0 spiro atoms. The van der Waals surface area contributed by atoms with Gasteiger partial charge in [0, 0.05) is 6.04 Å². The lowest BCUT2D eigenvalue weighted by Crippen LogP contribution is -2.36. The number of nitriles is 1. The molecule has 1 aromatic rings. The van der Waals surface area contributed by atoms with Crippen molar-refractivity contribution < 1.29 is 14.3 Å². The van der Waals surface area contributed by atoms with Gasteiger partial charge >= 0.3 is 5.97 Å². The lowest BCUT2D eigenvalue weighted by molar-refractivity contribution is -0.145. The Morgan fingerprint density at radius 2 is 2.25 bits per heavy atom. The van der Waals surface area contributed by atoms with Crippen molar-refractivity contribution in [3.63, 3.8) is 0 Å². The molecule has 3 atom stereocenters. The van der Waals surface area contributed by atoms with Gasteiger partial charge in [0.2, 0.25) is 0 Å². The van der Waals surface area contributed by atoms with Gasteiger partial charge in [0.05, 0.1) is 34.2 Å². The predicted octanol–water partition coefficient (Wildman–Crippen LogP) is 2.22. The van der Waals surface area contributed by atoms with Gasteiger partial charge in [-0.25, -0.2) is 0 Å². The first-order valence-electron chi connectivity index (χ1n) is 6.08. The van der Waals surface area contributed by atoms with Gasteiger partial charge in [-0.1, -0.05) is 11.6 Å². The lowest BCUT2D eigenvalue weighted by Gasteiger charge is -2.14. The molecule has 1 heterocycles. The maximum atomic E-state index is 12.0. The fraction of sp³-hybridized carbons (Fsp3) is 0.462. The van der Waals surface area contributed by atoms with Crippen molar-refractivity contribution in [2.45, 2.75) is 18.9 Å². The number of esters is 1. The molecule has 7 heteroatoms. The first kappa shape index (κ1) is 14.8. The van der Waals surface area contributed by atoms with Crippen LogP contribution in [0.5, 0.6) is 0 Å². The molecule has 1 fully saturated rings. The van der Waals surface area contributed by atoms with Crippen LogP contribution >= 0.6 is 22.9 Å². The third kappa shape index (κ3) is 3.11. The van der Waals surface area contributed by atoms with Crippen molar-refractivity contribution in [3.05, 3.63) is 21.3 Å². The Hall–Kier alpha value is -1.58. The summed E-state index contributed by atoms with van der Waals surface area (Å²) in [6, 6.07) is 5.09. The number of methoxy groups -OCH3 is 1. The summed E-state index contributed by atoms with van der Waals surface area (Å²) in [5, 5.41) is 11.9. The molecule has 1 amide bonds. The van der Waals surface area contributed by atoms with Crippen molar-refractivity contribution in [3.8, 4) is 6.07 Å². The number of rotatable bonds is 3. The SMILES string of the molecule is COC(=O)[C@@H]1C[C@H](NC(=O)c2ccc(Cl)s2)[C@@H](C#N)C1.